The maximum absolute atomic E-state index is 10.5. The van der Waals surface area contributed by atoms with Crippen LogP contribution in [0.2, 0.25) is 0 Å². The first kappa shape index (κ1) is 10.8. The van der Waals surface area contributed by atoms with Gasteiger partial charge in [0.05, 0.1) is 6.26 Å². The van der Waals surface area contributed by atoms with Crippen LogP contribution < -0.4 is 0 Å². The zero-order valence-electron chi connectivity index (χ0n) is 8.49. The minimum Gasteiger partial charge on any atom is -0.475 e. The van der Waals surface area contributed by atoms with Crippen LogP contribution in [0, 0.1) is 0 Å². The fourth-order valence-electron chi connectivity index (χ4n) is 1.28. The van der Waals surface area contributed by atoms with E-state index in [2.05, 4.69) is 18.7 Å². The maximum Gasteiger partial charge on any atom is 0.371 e. The van der Waals surface area contributed by atoms with Gasteiger partial charge in [-0.15, -0.1) is 0 Å². The van der Waals surface area contributed by atoms with Gasteiger partial charge in [-0.1, -0.05) is 13.8 Å². The Morgan fingerprint density at radius 3 is 2.57 bits per heavy atom. The highest BCUT2D eigenvalue weighted by Gasteiger charge is 2.10. The lowest BCUT2D eigenvalue weighted by molar-refractivity contribution is 0.0662. The van der Waals surface area contributed by atoms with Gasteiger partial charge in [-0.25, -0.2) is 4.79 Å². The van der Waals surface area contributed by atoms with E-state index in [0.717, 1.165) is 25.2 Å². The quantitative estimate of drug-likeness (QED) is 0.782. The van der Waals surface area contributed by atoms with Crippen molar-refractivity contribution in [2.75, 3.05) is 13.1 Å². The van der Waals surface area contributed by atoms with Crippen LogP contribution in [0.1, 0.15) is 30.0 Å². The minimum atomic E-state index is -1.02. The Kier molecular flexibility index (Phi) is 3.71. The molecule has 14 heavy (non-hydrogen) atoms. The summed E-state index contributed by atoms with van der Waals surface area (Å²) in [7, 11) is 0. The molecule has 0 saturated carbocycles. The monoisotopic (exact) mass is 197 g/mol. The first-order valence-electron chi connectivity index (χ1n) is 4.70. The van der Waals surface area contributed by atoms with E-state index in [-0.39, 0.29) is 5.76 Å². The molecule has 0 aromatic carbocycles. The van der Waals surface area contributed by atoms with E-state index in [0.29, 0.717) is 0 Å². The van der Waals surface area contributed by atoms with Crippen molar-refractivity contribution in [3.8, 4) is 0 Å². The lowest BCUT2D eigenvalue weighted by atomic mass is 10.3. The van der Waals surface area contributed by atoms with E-state index in [1.165, 1.54) is 6.26 Å². The average molecular weight is 197 g/mol. The molecule has 1 heterocycles. The largest absolute Gasteiger partial charge is 0.475 e. The van der Waals surface area contributed by atoms with Crippen molar-refractivity contribution in [3.05, 3.63) is 23.7 Å². The van der Waals surface area contributed by atoms with Crippen LogP contribution >= 0.6 is 0 Å². The first-order chi connectivity index (χ1) is 6.67. The molecule has 4 nitrogen and oxygen atoms in total. The topological polar surface area (TPSA) is 53.7 Å². The molecule has 0 atom stereocenters. The van der Waals surface area contributed by atoms with Crippen molar-refractivity contribution in [2.45, 2.75) is 20.4 Å². The van der Waals surface area contributed by atoms with Gasteiger partial charge in [-0.3, -0.25) is 4.90 Å². The van der Waals surface area contributed by atoms with Gasteiger partial charge in [-0.2, -0.15) is 0 Å². The molecule has 0 saturated heterocycles. The second-order valence-corrected chi connectivity index (χ2v) is 3.09. The van der Waals surface area contributed by atoms with Gasteiger partial charge < -0.3 is 9.52 Å². The molecule has 0 unspecified atom stereocenters. The third-order valence-corrected chi connectivity index (χ3v) is 2.17. The summed E-state index contributed by atoms with van der Waals surface area (Å²) in [4.78, 5) is 12.7. The molecule has 0 aliphatic rings. The van der Waals surface area contributed by atoms with E-state index >= 15 is 0 Å². The van der Waals surface area contributed by atoms with Gasteiger partial charge >= 0.3 is 5.97 Å². The molecular weight excluding hydrogens is 182 g/mol. The average Bonchev–Trinajstić information content (AvgIpc) is 2.62. The molecule has 1 rings (SSSR count). The van der Waals surface area contributed by atoms with E-state index in [4.69, 9.17) is 9.52 Å². The van der Waals surface area contributed by atoms with E-state index in [1.54, 1.807) is 6.07 Å². The fourth-order valence-corrected chi connectivity index (χ4v) is 1.28. The Morgan fingerprint density at radius 2 is 2.14 bits per heavy atom. The third kappa shape index (κ3) is 2.60. The Hall–Kier alpha value is -1.29. The number of carboxylic acid groups (broad SMARTS) is 1. The molecule has 0 fully saturated rings. The lowest BCUT2D eigenvalue weighted by Crippen LogP contribution is -2.21. The molecule has 1 aromatic heterocycles. The molecule has 1 aromatic rings. The van der Waals surface area contributed by atoms with Crippen LogP contribution in [-0.4, -0.2) is 29.1 Å². The van der Waals surface area contributed by atoms with Crippen molar-refractivity contribution < 1.29 is 14.3 Å². The first-order valence-corrected chi connectivity index (χ1v) is 4.70. The van der Waals surface area contributed by atoms with Gasteiger partial charge in [-0.05, 0) is 19.2 Å². The van der Waals surface area contributed by atoms with Crippen LogP contribution in [0.15, 0.2) is 16.7 Å². The standard InChI is InChI=1S/C10H15NO3/c1-3-11(4-2)6-8-5-9(10(12)13)14-7-8/h5,7H,3-4,6H2,1-2H3,(H,12,13). The summed E-state index contributed by atoms with van der Waals surface area (Å²) in [6.07, 6.45) is 1.50. The molecule has 78 valence electrons. The number of carboxylic acids is 1. The second kappa shape index (κ2) is 4.81. The van der Waals surface area contributed by atoms with E-state index in [1.807, 2.05) is 0 Å². The summed E-state index contributed by atoms with van der Waals surface area (Å²) in [6, 6.07) is 1.57. The minimum absolute atomic E-state index is 0.00663. The number of hydrogen-bond donors (Lipinski definition) is 1. The summed E-state index contributed by atoms with van der Waals surface area (Å²) >= 11 is 0. The van der Waals surface area contributed by atoms with Crippen molar-refractivity contribution >= 4 is 5.97 Å². The van der Waals surface area contributed by atoms with Gasteiger partial charge in [0.1, 0.15) is 0 Å². The van der Waals surface area contributed by atoms with Crippen LogP contribution in [0.25, 0.3) is 0 Å². The molecule has 0 aliphatic carbocycles. The van der Waals surface area contributed by atoms with Gasteiger partial charge in [0.15, 0.2) is 0 Å². The highest BCUT2D eigenvalue weighted by atomic mass is 16.4. The van der Waals surface area contributed by atoms with Gasteiger partial charge in [0.2, 0.25) is 5.76 Å². The lowest BCUT2D eigenvalue weighted by Gasteiger charge is -2.16. The summed E-state index contributed by atoms with van der Waals surface area (Å²) < 4.78 is 4.89. The molecule has 0 spiro atoms. The number of hydrogen-bond acceptors (Lipinski definition) is 3. The molecule has 0 radical (unpaired) electrons. The molecule has 0 amide bonds. The zero-order chi connectivity index (χ0) is 10.6. The predicted octanol–water partition coefficient (Wildman–Crippen LogP) is 1.82. The van der Waals surface area contributed by atoms with Crippen molar-refractivity contribution in [2.24, 2.45) is 0 Å². The Morgan fingerprint density at radius 1 is 1.50 bits per heavy atom. The molecule has 1 N–H and O–H groups in total. The Labute approximate surface area is 83.1 Å². The van der Waals surface area contributed by atoms with Crippen molar-refractivity contribution in [1.29, 1.82) is 0 Å². The Bertz CT molecular complexity index is 302. The molecule has 0 aliphatic heterocycles. The molecular formula is C10H15NO3. The zero-order valence-corrected chi connectivity index (χ0v) is 8.49. The van der Waals surface area contributed by atoms with Crippen molar-refractivity contribution in [1.82, 2.24) is 4.90 Å². The predicted molar refractivity (Wildman–Crippen MR) is 52.3 cm³/mol. The van der Waals surface area contributed by atoms with Gasteiger partial charge in [0.25, 0.3) is 0 Å². The summed E-state index contributed by atoms with van der Waals surface area (Å²) in [5, 5.41) is 8.64. The number of furan rings is 1. The van der Waals surface area contributed by atoms with E-state index < -0.39 is 5.97 Å². The summed E-state index contributed by atoms with van der Waals surface area (Å²) in [6.45, 7) is 6.78. The van der Waals surface area contributed by atoms with E-state index in [9.17, 15) is 4.79 Å². The Balaban J connectivity index is 2.63. The van der Waals surface area contributed by atoms with Crippen LogP contribution in [0.4, 0.5) is 0 Å². The number of nitrogens with zero attached hydrogens (tertiary/aromatic N) is 1. The smallest absolute Gasteiger partial charge is 0.371 e. The number of carbonyl (C=O) groups is 1. The highest BCUT2D eigenvalue weighted by molar-refractivity contribution is 5.84. The normalized spacial score (nSPS) is 10.8. The second-order valence-electron chi connectivity index (χ2n) is 3.09. The van der Waals surface area contributed by atoms with Gasteiger partial charge in [0, 0.05) is 12.1 Å². The van der Waals surface area contributed by atoms with Crippen LogP contribution in [0.5, 0.6) is 0 Å². The van der Waals surface area contributed by atoms with Crippen LogP contribution in [0.3, 0.4) is 0 Å². The maximum atomic E-state index is 10.5. The third-order valence-electron chi connectivity index (χ3n) is 2.17. The highest BCUT2D eigenvalue weighted by Crippen LogP contribution is 2.10. The SMILES string of the molecule is CCN(CC)Cc1coc(C(=O)O)c1. The molecule has 0 bridgehead atoms. The number of rotatable bonds is 5. The van der Waals surface area contributed by atoms with Crippen LogP contribution in [-0.2, 0) is 6.54 Å². The number of aromatic carboxylic acids is 1. The summed E-state index contributed by atoms with van der Waals surface area (Å²) in [5.41, 5.74) is 0.908. The summed E-state index contributed by atoms with van der Waals surface area (Å²) in [5.74, 6) is -1.01. The van der Waals surface area contributed by atoms with Crippen molar-refractivity contribution in [3.63, 3.8) is 0 Å². The fraction of sp³-hybridized carbons (Fsp3) is 0.500. The molecule has 4 heteroatoms.